The van der Waals surface area contributed by atoms with Gasteiger partial charge >= 0.3 is 0 Å². The summed E-state index contributed by atoms with van der Waals surface area (Å²) in [5.41, 5.74) is 2.23. The van der Waals surface area contributed by atoms with Gasteiger partial charge in [0.15, 0.2) is 0 Å². The van der Waals surface area contributed by atoms with Crippen LogP contribution in [0.2, 0.25) is 5.02 Å². The van der Waals surface area contributed by atoms with Crippen molar-refractivity contribution in [2.45, 2.75) is 12.8 Å². The van der Waals surface area contributed by atoms with Gasteiger partial charge in [-0.05, 0) is 31.0 Å². The number of carbonyl (C=O) groups is 1. The van der Waals surface area contributed by atoms with E-state index < -0.39 is 0 Å². The van der Waals surface area contributed by atoms with E-state index >= 15 is 0 Å². The predicted molar refractivity (Wildman–Crippen MR) is 84.8 cm³/mol. The molecule has 0 atom stereocenters. The topological polar surface area (TPSA) is 39.3 Å². The molecule has 21 heavy (non-hydrogen) atoms. The van der Waals surface area contributed by atoms with E-state index in [0.717, 1.165) is 55.2 Å². The average Bonchev–Trinajstić information content (AvgIpc) is 3.24. The Hall–Kier alpha value is -1.68. The van der Waals surface area contributed by atoms with E-state index in [2.05, 4.69) is 16.0 Å². The van der Waals surface area contributed by atoms with Crippen molar-refractivity contribution in [1.29, 1.82) is 0 Å². The number of amides is 1. The number of fused-ring (bicyclic) bond motifs is 1. The van der Waals surface area contributed by atoms with Crippen LogP contribution in [0.15, 0.2) is 24.4 Å². The first-order valence-electron chi connectivity index (χ1n) is 7.53. The van der Waals surface area contributed by atoms with Crippen molar-refractivity contribution in [3.63, 3.8) is 0 Å². The lowest BCUT2D eigenvalue weighted by molar-refractivity contribution is -0.132. The number of hydrogen-bond acceptors (Lipinski definition) is 2. The summed E-state index contributed by atoms with van der Waals surface area (Å²) in [6.07, 6.45) is 4.10. The van der Waals surface area contributed by atoms with Gasteiger partial charge in [0.1, 0.15) is 0 Å². The smallest absolute Gasteiger partial charge is 0.225 e. The van der Waals surface area contributed by atoms with E-state index in [-0.39, 0.29) is 0 Å². The molecule has 4 rings (SSSR count). The Morgan fingerprint density at radius 2 is 1.95 bits per heavy atom. The first-order chi connectivity index (χ1) is 10.2. The Labute approximate surface area is 128 Å². The summed E-state index contributed by atoms with van der Waals surface area (Å²) in [7, 11) is 0. The second-order valence-corrected chi connectivity index (χ2v) is 6.39. The maximum Gasteiger partial charge on any atom is 0.225 e. The Bertz CT molecular complexity index is 684. The molecule has 1 saturated carbocycles. The molecule has 1 aromatic heterocycles. The van der Waals surface area contributed by atoms with Crippen molar-refractivity contribution in [2.24, 2.45) is 5.92 Å². The van der Waals surface area contributed by atoms with Gasteiger partial charge in [0.05, 0.1) is 0 Å². The van der Waals surface area contributed by atoms with Crippen LogP contribution in [-0.2, 0) is 4.79 Å². The first kappa shape index (κ1) is 13.0. The van der Waals surface area contributed by atoms with Gasteiger partial charge < -0.3 is 14.8 Å². The van der Waals surface area contributed by atoms with Gasteiger partial charge in [0, 0.05) is 59.9 Å². The molecule has 4 nitrogen and oxygen atoms in total. The zero-order valence-corrected chi connectivity index (χ0v) is 12.6. The standard InChI is InChI=1S/C16H18ClN3O/c17-12-9-14-13(3-4-18-14)15(10-12)19-5-7-20(8-6-19)16(21)11-1-2-11/h3-4,9-11,18H,1-2,5-8H2. The van der Waals surface area contributed by atoms with Crippen LogP contribution in [0.4, 0.5) is 5.69 Å². The summed E-state index contributed by atoms with van der Waals surface area (Å²) in [6, 6.07) is 6.06. The number of anilines is 1. The molecule has 1 amide bonds. The fraction of sp³-hybridized carbons (Fsp3) is 0.438. The number of nitrogens with one attached hydrogen (secondary N) is 1. The molecule has 1 aliphatic carbocycles. The second kappa shape index (κ2) is 4.95. The third-order valence-corrected chi connectivity index (χ3v) is 4.69. The minimum atomic E-state index is 0.319. The van der Waals surface area contributed by atoms with Gasteiger partial charge in [-0.3, -0.25) is 4.79 Å². The molecule has 0 unspecified atom stereocenters. The van der Waals surface area contributed by atoms with Crippen LogP contribution in [0, 0.1) is 5.92 Å². The van der Waals surface area contributed by atoms with Gasteiger partial charge in [-0.15, -0.1) is 0 Å². The van der Waals surface area contributed by atoms with Crippen LogP contribution < -0.4 is 4.90 Å². The largest absolute Gasteiger partial charge is 0.367 e. The quantitative estimate of drug-likeness (QED) is 0.926. The van der Waals surface area contributed by atoms with Crippen LogP contribution in [0.3, 0.4) is 0 Å². The molecule has 2 heterocycles. The Morgan fingerprint density at radius 3 is 2.67 bits per heavy atom. The lowest BCUT2D eigenvalue weighted by Crippen LogP contribution is -2.49. The molecule has 0 spiro atoms. The SMILES string of the molecule is O=C(C1CC1)N1CCN(c2cc(Cl)cc3[nH]ccc23)CC1. The van der Waals surface area contributed by atoms with Gasteiger partial charge in [0.2, 0.25) is 5.91 Å². The van der Waals surface area contributed by atoms with Crippen LogP contribution in [-0.4, -0.2) is 42.0 Å². The van der Waals surface area contributed by atoms with Crippen molar-refractivity contribution in [3.8, 4) is 0 Å². The molecule has 5 heteroatoms. The Morgan fingerprint density at radius 1 is 1.19 bits per heavy atom. The predicted octanol–water partition coefficient (Wildman–Crippen LogP) is 2.88. The lowest BCUT2D eigenvalue weighted by atomic mass is 10.1. The number of piperazine rings is 1. The van der Waals surface area contributed by atoms with Crippen molar-refractivity contribution in [1.82, 2.24) is 9.88 Å². The Balaban J connectivity index is 1.54. The van der Waals surface area contributed by atoms with Gasteiger partial charge in [-0.2, -0.15) is 0 Å². The molecule has 1 N–H and O–H groups in total. The van der Waals surface area contributed by atoms with Crippen LogP contribution in [0.25, 0.3) is 10.9 Å². The summed E-state index contributed by atoms with van der Waals surface area (Å²) in [6.45, 7) is 3.37. The number of aromatic amines is 1. The van der Waals surface area contributed by atoms with E-state index in [0.29, 0.717) is 11.8 Å². The van der Waals surface area contributed by atoms with Gasteiger partial charge in [-0.1, -0.05) is 11.6 Å². The normalized spacial score (nSPS) is 19.3. The van der Waals surface area contributed by atoms with Crippen molar-refractivity contribution >= 4 is 34.1 Å². The first-order valence-corrected chi connectivity index (χ1v) is 7.90. The number of halogens is 1. The Kier molecular flexibility index (Phi) is 3.07. The van der Waals surface area contributed by atoms with Crippen LogP contribution >= 0.6 is 11.6 Å². The maximum absolute atomic E-state index is 12.1. The summed E-state index contributed by atoms with van der Waals surface area (Å²) >= 11 is 6.22. The third kappa shape index (κ3) is 2.38. The summed E-state index contributed by atoms with van der Waals surface area (Å²) in [5.74, 6) is 0.673. The molecule has 1 aromatic carbocycles. The van der Waals surface area contributed by atoms with Crippen molar-refractivity contribution in [2.75, 3.05) is 31.1 Å². The van der Waals surface area contributed by atoms with Gasteiger partial charge in [-0.25, -0.2) is 0 Å². The molecule has 2 fully saturated rings. The minimum Gasteiger partial charge on any atom is -0.367 e. The lowest BCUT2D eigenvalue weighted by Gasteiger charge is -2.36. The highest BCUT2D eigenvalue weighted by Crippen LogP contribution is 2.33. The number of benzene rings is 1. The zero-order chi connectivity index (χ0) is 14.4. The molecule has 110 valence electrons. The molecule has 1 saturated heterocycles. The number of carbonyl (C=O) groups excluding carboxylic acids is 1. The fourth-order valence-corrected chi connectivity index (χ4v) is 3.34. The summed E-state index contributed by atoms with van der Waals surface area (Å²) in [5, 5.41) is 1.94. The monoisotopic (exact) mass is 303 g/mol. The maximum atomic E-state index is 12.1. The number of H-pyrrole nitrogens is 1. The third-order valence-electron chi connectivity index (χ3n) is 4.47. The highest BCUT2D eigenvalue weighted by atomic mass is 35.5. The highest BCUT2D eigenvalue weighted by molar-refractivity contribution is 6.31. The molecule has 0 radical (unpaired) electrons. The molecule has 1 aliphatic heterocycles. The number of hydrogen-bond donors (Lipinski definition) is 1. The second-order valence-electron chi connectivity index (χ2n) is 5.95. The fourth-order valence-electron chi connectivity index (χ4n) is 3.13. The van der Waals surface area contributed by atoms with E-state index in [1.54, 1.807) is 0 Å². The molecule has 2 aromatic rings. The van der Waals surface area contributed by atoms with E-state index in [9.17, 15) is 4.79 Å². The molecular weight excluding hydrogens is 286 g/mol. The summed E-state index contributed by atoms with van der Waals surface area (Å²) < 4.78 is 0. The number of nitrogens with zero attached hydrogens (tertiary/aromatic N) is 2. The summed E-state index contributed by atoms with van der Waals surface area (Å²) in [4.78, 5) is 19.7. The zero-order valence-electron chi connectivity index (χ0n) is 11.8. The van der Waals surface area contributed by atoms with Crippen molar-refractivity contribution in [3.05, 3.63) is 29.4 Å². The van der Waals surface area contributed by atoms with Gasteiger partial charge in [0.25, 0.3) is 0 Å². The van der Waals surface area contributed by atoms with Crippen LogP contribution in [0.1, 0.15) is 12.8 Å². The van der Waals surface area contributed by atoms with E-state index in [1.165, 1.54) is 5.39 Å². The number of rotatable bonds is 2. The van der Waals surface area contributed by atoms with E-state index in [4.69, 9.17) is 11.6 Å². The number of aromatic nitrogens is 1. The molecular formula is C16H18ClN3O. The highest BCUT2D eigenvalue weighted by Gasteiger charge is 2.34. The average molecular weight is 304 g/mol. The van der Waals surface area contributed by atoms with Crippen molar-refractivity contribution < 1.29 is 4.79 Å². The van der Waals surface area contributed by atoms with E-state index in [1.807, 2.05) is 23.2 Å². The molecule has 0 bridgehead atoms. The van der Waals surface area contributed by atoms with Crippen LogP contribution in [0.5, 0.6) is 0 Å². The molecule has 2 aliphatic rings. The minimum absolute atomic E-state index is 0.319.